The molecule has 1 saturated heterocycles. The van der Waals surface area contributed by atoms with Crippen LogP contribution < -0.4 is 9.64 Å². The first kappa shape index (κ1) is 15.6. The van der Waals surface area contributed by atoms with Crippen LogP contribution in [0.5, 0.6) is 5.75 Å². The zero-order chi connectivity index (χ0) is 16.4. The number of hydrogen-bond donors (Lipinski definition) is 0. The number of methoxy groups -OCH3 is 1. The van der Waals surface area contributed by atoms with Crippen LogP contribution >= 0.6 is 0 Å². The average Bonchev–Trinajstić information content (AvgIpc) is 3.04. The fraction of sp³-hybridized carbons (Fsp3) is 0.353. The zero-order valence-electron chi connectivity index (χ0n) is 12.7. The number of aromatic nitrogens is 1. The Morgan fingerprint density at radius 1 is 1.22 bits per heavy atom. The van der Waals surface area contributed by atoms with E-state index in [-0.39, 0.29) is 6.04 Å². The Balaban J connectivity index is 1.92. The minimum absolute atomic E-state index is 0.0149. The number of ether oxygens (including phenoxy) is 1. The van der Waals surface area contributed by atoms with Crippen molar-refractivity contribution >= 4 is 5.82 Å². The number of pyridine rings is 1. The molecule has 1 aliphatic rings. The van der Waals surface area contributed by atoms with E-state index in [0.717, 1.165) is 36.3 Å². The van der Waals surface area contributed by atoms with Crippen molar-refractivity contribution in [3.8, 4) is 5.75 Å². The van der Waals surface area contributed by atoms with Gasteiger partial charge in [0.05, 0.1) is 18.7 Å². The minimum atomic E-state index is -4.36. The van der Waals surface area contributed by atoms with Crippen LogP contribution in [0.2, 0.25) is 0 Å². The van der Waals surface area contributed by atoms with Crippen LogP contribution in [0.4, 0.5) is 19.0 Å². The second-order valence-electron chi connectivity index (χ2n) is 5.53. The van der Waals surface area contributed by atoms with Gasteiger partial charge in [-0.2, -0.15) is 13.2 Å². The lowest BCUT2D eigenvalue weighted by molar-refractivity contribution is -0.137. The summed E-state index contributed by atoms with van der Waals surface area (Å²) >= 11 is 0. The van der Waals surface area contributed by atoms with Gasteiger partial charge in [0.15, 0.2) is 0 Å². The highest BCUT2D eigenvalue weighted by molar-refractivity contribution is 5.47. The first-order chi connectivity index (χ1) is 11.0. The third kappa shape index (κ3) is 3.25. The van der Waals surface area contributed by atoms with Gasteiger partial charge in [-0.1, -0.05) is 12.1 Å². The summed E-state index contributed by atoms with van der Waals surface area (Å²) < 4.78 is 44.0. The lowest BCUT2D eigenvalue weighted by Gasteiger charge is -2.27. The Kier molecular flexibility index (Phi) is 4.15. The minimum Gasteiger partial charge on any atom is -0.497 e. The Morgan fingerprint density at radius 3 is 2.78 bits per heavy atom. The standard InChI is InChI=1S/C17H17F3N2O/c1-23-14-5-2-4-12(10-14)15-6-3-9-22(15)16-11-13(7-8-21-16)17(18,19)20/h2,4-5,7-8,10-11,15H,3,6,9H2,1H3. The normalized spacial score (nSPS) is 18.3. The molecule has 0 amide bonds. The lowest BCUT2D eigenvalue weighted by atomic mass is 10.0. The molecule has 1 atom stereocenters. The number of nitrogens with zero attached hydrogens (tertiary/aromatic N) is 2. The van der Waals surface area contributed by atoms with Crippen LogP contribution in [0.15, 0.2) is 42.6 Å². The molecule has 0 N–H and O–H groups in total. The number of halogens is 3. The van der Waals surface area contributed by atoms with Crippen molar-refractivity contribution in [1.82, 2.24) is 4.98 Å². The second-order valence-corrected chi connectivity index (χ2v) is 5.53. The zero-order valence-corrected chi connectivity index (χ0v) is 12.7. The van der Waals surface area contributed by atoms with Gasteiger partial charge in [0.25, 0.3) is 0 Å². The molecule has 2 heterocycles. The molecule has 23 heavy (non-hydrogen) atoms. The quantitative estimate of drug-likeness (QED) is 0.835. The van der Waals surface area contributed by atoms with E-state index in [4.69, 9.17) is 4.74 Å². The predicted octanol–water partition coefficient (Wildman–Crippen LogP) is 4.45. The smallest absolute Gasteiger partial charge is 0.416 e. The van der Waals surface area contributed by atoms with Crippen molar-refractivity contribution in [2.45, 2.75) is 25.1 Å². The summed E-state index contributed by atoms with van der Waals surface area (Å²) in [5.74, 6) is 1.11. The summed E-state index contributed by atoms with van der Waals surface area (Å²) in [5.41, 5.74) is 0.361. The Hall–Kier alpha value is -2.24. The van der Waals surface area contributed by atoms with E-state index >= 15 is 0 Å². The van der Waals surface area contributed by atoms with Gasteiger partial charge in [0.2, 0.25) is 0 Å². The Labute approximate surface area is 132 Å². The van der Waals surface area contributed by atoms with Gasteiger partial charge in [0.1, 0.15) is 11.6 Å². The molecule has 122 valence electrons. The van der Waals surface area contributed by atoms with Crippen molar-refractivity contribution in [3.63, 3.8) is 0 Å². The van der Waals surface area contributed by atoms with E-state index in [9.17, 15) is 13.2 Å². The van der Waals surface area contributed by atoms with Crippen LogP contribution in [-0.4, -0.2) is 18.6 Å². The molecular weight excluding hydrogens is 305 g/mol. The van der Waals surface area contributed by atoms with Crippen LogP contribution in [0.3, 0.4) is 0 Å². The van der Waals surface area contributed by atoms with E-state index in [0.29, 0.717) is 12.4 Å². The molecule has 0 bridgehead atoms. The molecule has 3 rings (SSSR count). The monoisotopic (exact) mass is 322 g/mol. The van der Waals surface area contributed by atoms with Crippen LogP contribution in [-0.2, 0) is 6.18 Å². The van der Waals surface area contributed by atoms with Crippen LogP contribution in [0.1, 0.15) is 30.0 Å². The van der Waals surface area contributed by atoms with E-state index in [1.807, 2.05) is 29.2 Å². The summed E-state index contributed by atoms with van der Waals surface area (Å²) in [7, 11) is 1.60. The molecular formula is C17H17F3N2O. The molecule has 0 saturated carbocycles. The van der Waals surface area contributed by atoms with Crippen LogP contribution in [0.25, 0.3) is 0 Å². The first-order valence-electron chi connectivity index (χ1n) is 7.43. The summed E-state index contributed by atoms with van der Waals surface area (Å²) in [4.78, 5) is 6.08. The maximum Gasteiger partial charge on any atom is 0.416 e. The number of rotatable bonds is 3. The van der Waals surface area contributed by atoms with Gasteiger partial charge in [-0.25, -0.2) is 4.98 Å². The third-order valence-corrected chi connectivity index (χ3v) is 4.10. The van der Waals surface area contributed by atoms with E-state index in [2.05, 4.69) is 4.98 Å². The van der Waals surface area contributed by atoms with Crippen LogP contribution in [0, 0.1) is 0 Å². The largest absolute Gasteiger partial charge is 0.497 e. The van der Waals surface area contributed by atoms with Crippen molar-refractivity contribution < 1.29 is 17.9 Å². The molecule has 1 fully saturated rings. The first-order valence-corrected chi connectivity index (χ1v) is 7.43. The molecule has 1 unspecified atom stereocenters. The molecule has 1 aromatic carbocycles. The summed E-state index contributed by atoms with van der Waals surface area (Å²) in [6.07, 6.45) is -1.34. The molecule has 0 spiro atoms. The second kappa shape index (κ2) is 6.10. The van der Waals surface area contributed by atoms with E-state index in [1.54, 1.807) is 7.11 Å². The molecule has 0 radical (unpaired) electrons. The van der Waals surface area contributed by atoms with Crippen molar-refractivity contribution in [1.29, 1.82) is 0 Å². The van der Waals surface area contributed by atoms with Gasteiger partial charge >= 0.3 is 6.18 Å². The van der Waals surface area contributed by atoms with Gasteiger partial charge in [-0.3, -0.25) is 0 Å². The van der Waals surface area contributed by atoms with Crippen molar-refractivity contribution in [3.05, 3.63) is 53.7 Å². The number of alkyl halides is 3. The third-order valence-electron chi connectivity index (χ3n) is 4.10. The molecule has 1 aromatic heterocycles. The highest BCUT2D eigenvalue weighted by atomic mass is 19.4. The van der Waals surface area contributed by atoms with Gasteiger partial charge in [0, 0.05) is 12.7 Å². The topological polar surface area (TPSA) is 25.4 Å². The highest BCUT2D eigenvalue weighted by Gasteiger charge is 2.33. The molecule has 6 heteroatoms. The maximum absolute atomic E-state index is 12.9. The molecule has 1 aliphatic heterocycles. The molecule has 2 aromatic rings. The lowest BCUT2D eigenvalue weighted by Crippen LogP contribution is -2.24. The van der Waals surface area contributed by atoms with Gasteiger partial charge in [-0.05, 0) is 42.7 Å². The SMILES string of the molecule is COc1cccc(C2CCCN2c2cc(C(F)(F)F)ccn2)c1. The Bertz CT molecular complexity index is 688. The average molecular weight is 322 g/mol. The van der Waals surface area contributed by atoms with Crippen molar-refractivity contribution in [2.75, 3.05) is 18.6 Å². The predicted molar refractivity (Wildman–Crippen MR) is 81.6 cm³/mol. The fourth-order valence-electron chi connectivity index (χ4n) is 2.99. The number of anilines is 1. The van der Waals surface area contributed by atoms with E-state index < -0.39 is 11.7 Å². The summed E-state index contributed by atoms with van der Waals surface area (Å²) in [6.45, 7) is 0.691. The number of hydrogen-bond acceptors (Lipinski definition) is 3. The summed E-state index contributed by atoms with van der Waals surface area (Å²) in [5, 5.41) is 0. The molecule has 0 aliphatic carbocycles. The summed E-state index contributed by atoms with van der Waals surface area (Å²) in [6, 6.07) is 9.78. The molecule has 3 nitrogen and oxygen atoms in total. The van der Waals surface area contributed by atoms with Gasteiger partial charge in [-0.15, -0.1) is 0 Å². The highest BCUT2D eigenvalue weighted by Crippen LogP contribution is 2.38. The van der Waals surface area contributed by atoms with Crippen molar-refractivity contribution in [2.24, 2.45) is 0 Å². The van der Waals surface area contributed by atoms with Gasteiger partial charge < -0.3 is 9.64 Å². The number of benzene rings is 1. The maximum atomic E-state index is 12.9. The fourth-order valence-corrected chi connectivity index (χ4v) is 2.99. The Morgan fingerprint density at radius 2 is 2.04 bits per heavy atom. The van der Waals surface area contributed by atoms with E-state index in [1.165, 1.54) is 6.20 Å².